The molecule has 1 N–H and O–H groups in total. The molecule has 2 heterocycles. The molecule has 0 spiro atoms. The number of rotatable bonds is 10. The number of ether oxygens (including phenoxy) is 2. The molecule has 9 nitrogen and oxygen atoms in total. The highest BCUT2D eigenvalue weighted by molar-refractivity contribution is 6.04. The van der Waals surface area contributed by atoms with Crippen molar-refractivity contribution in [3.05, 3.63) is 65.2 Å². The van der Waals surface area contributed by atoms with Gasteiger partial charge in [-0.15, -0.1) is 0 Å². The first-order valence-corrected chi connectivity index (χ1v) is 14.8. The molecule has 2 aromatic carbocycles. The maximum atomic E-state index is 12.9. The third-order valence-corrected chi connectivity index (χ3v) is 8.08. The lowest BCUT2D eigenvalue weighted by Crippen LogP contribution is -2.51. The zero-order chi connectivity index (χ0) is 29.2. The summed E-state index contributed by atoms with van der Waals surface area (Å²) >= 11 is 0. The van der Waals surface area contributed by atoms with Crippen LogP contribution in [0.4, 0.5) is 10.5 Å². The molecule has 2 aromatic rings. The van der Waals surface area contributed by atoms with Gasteiger partial charge in [0.05, 0.1) is 25.9 Å². The Morgan fingerprint density at radius 3 is 2.32 bits per heavy atom. The second-order valence-electron chi connectivity index (χ2n) is 11.1. The zero-order valence-corrected chi connectivity index (χ0v) is 24.6. The number of likely N-dealkylation sites (tertiary alicyclic amines) is 1. The molecule has 1 atom stereocenters. The first kappa shape index (κ1) is 30.5. The number of nitrogens with zero attached hydrogens (tertiary/aromatic N) is 3. The molecule has 2 fully saturated rings. The number of nitrogens with one attached hydrogen (secondary N) is 1. The van der Waals surface area contributed by atoms with Crippen LogP contribution in [-0.2, 0) is 15.9 Å². The van der Waals surface area contributed by atoms with Crippen LogP contribution in [-0.4, -0.2) is 98.2 Å². The normalized spacial score (nSPS) is 16.9. The third-order valence-electron chi connectivity index (χ3n) is 8.08. The fourth-order valence-corrected chi connectivity index (χ4v) is 5.70. The maximum Gasteiger partial charge on any atom is 0.337 e. The highest BCUT2D eigenvalue weighted by Crippen LogP contribution is 2.23. The lowest BCUT2D eigenvalue weighted by atomic mass is 9.95. The fourth-order valence-electron chi connectivity index (χ4n) is 5.70. The van der Waals surface area contributed by atoms with E-state index in [9.17, 15) is 14.4 Å². The number of esters is 1. The van der Waals surface area contributed by atoms with Gasteiger partial charge in [0.25, 0.3) is 5.91 Å². The van der Waals surface area contributed by atoms with Gasteiger partial charge < -0.3 is 29.5 Å². The summed E-state index contributed by atoms with van der Waals surface area (Å²) in [4.78, 5) is 43.8. The number of methoxy groups -OCH3 is 1. The lowest BCUT2D eigenvalue weighted by molar-refractivity contribution is 0.0386. The van der Waals surface area contributed by atoms with Crippen LogP contribution in [0.25, 0.3) is 0 Å². The van der Waals surface area contributed by atoms with Gasteiger partial charge in [-0.1, -0.05) is 19.1 Å². The first-order valence-electron chi connectivity index (χ1n) is 14.8. The monoisotopic (exact) mass is 564 g/mol. The molecule has 0 aliphatic carbocycles. The lowest BCUT2D eigenvalue weighted by Gasteiger charge is -2.39. The first-order chi connectivity index (χ1) is 19.9. The van der Waals surface area contributed by atoms with Crippen molar-refractivity contribution >= 4 is 23.6 Å². The Kier molecular flexibility index (Phi) is 11.2. The van der Waals surface area contributed by atoms with Crippen molar-refractivity contribution < 1.29 is 23.9 Å². The van der Waals surface area contributed by atoms with E-state index in [-0.39, 0.29) is 11.9 Å². The second-order valence-corrected chi connectivity index (χ2v) is 11.1. The Balaban J connectivity index is 1.29. The van der Waals surface area contributed by atoms with E-state index < -0.39 is 5.97 Å². The van der Waals surface area contributed by atoms with Gasteiger partial charge >= 0.3 is 12.0 Å². The summed E-state index contributed by atoms with van der Waals surface area (Å²) in [6.45, 7) is 10.9. The average Bonchev–Trinajstić information content (AvgIpc) is 3.01. The van der Waals surface area contributed by atoms with E-state index in [1.165, 1.54) is 12.7 Å². The number of anilines is 1. The number of benzene rings is 2. The summed E-state index contributed by atoms with van der Waals surface area (Å²) in [7, 11) is 1.33. The van der Waals surface area contributed by atoms with Crippen LogP contribution in [0.1, 0.15) is 59.4 Å². The molecule has 222 valence electrons. The van der Waals surface area contributed by atoms with Gasteiger partial charge in [0.1, 0.15) is 0 Å². The van der Waals surface area contributed by atoms with Crippen LogP contribution >= 0.6 is 0 Å². The van der Waals surface area contributed by atoms with Crippen LogP contribution in [0.2, 0.25) is 0 Å². The predicted molar refractivity (Wildman–Crippen MR) is 159 cm³/mol. The van der Waals surface area contributed by atoms with E-state index in [0.29, 0.717) is 49.4 Å². The minimum Gasteiger partial charge on any atom is -0.465 e. The van der Waals surface area contributed by atoms with Gasteiger partial charge in [0.15, 0.2) is 0 Å². The molecular weight excluding hydrogens is 520 g/mol. The Morgan fingerprint density at radius 2 is 1.66 bits per heavy atom. The van der Waals surface area contributed by atoms with Crippen molar-refractivity contribution in [2.24, 2.45) is 5.92 Å². The van der Waals surface area contributed by atoms with Gasteiger partial charge in [-0.25, -0.2) is 9.59 Å². The number of morpholine rings is 1. The van der Waals surface area contributed by atoms with Crippen molar-refractivity contribution in [1.82, 2.24) is 14.7 Å². The Bertz CT molecular complexity index is 1160. The highest BCUT2D eigenvalue weighted by Gasteiger charge is 2.29. The fraction of sp³-hybridized carbons (Fsp3) is 0.531. The quantitative estimate of drug-likeness (QED) is 0.427. The number of carbonyl (C=O) groups excluding carboxylic acids is 3. The molecule has 0 radical (unpaired) electrons. The van der Waals surface area contributed by atoms with Crippen molar-refractivity contribution in [3.8, 4) is 0 Å². The van der Waals surface area contributed by atoms with E-state index >= 15 is 0 Å². The van der Waals surface area contributed by atoms with E-state index in [1.807, 2.05) is 28.0 Å². The molecule has 0 bridgehead atoms. The van der Waals surface area contributed by atoms with Crippen LogP contribution in [0.5, 0.6) is 0 Å². The van der Waals surface area contributed by atoms with Crippen LogP contribution in [0, 0.1) is 5.92 Å². The summed E-state index contributed by atoms with van der Waals surface area (Å²) < 4.78 is 10.1. The summed E-state index contributed by atoms with van der Waals surface area (Å²) in [5.74, 6) is -0.0770. The summed E-state index contributed by atoms with van der Waals surface area (Å²) in [6, 6.07) is 15.0. The van der Waals surface area contributed by atoms with Crippen LogP contribution < -0.4 is 5.32 Å². The molecule has 0 aromatic heterocycles. The number of urea groups is 1. The second kappa shape index (κ2) is 15.0. The largest absolute Gasteiger partial charge is 0.465 e. The van der Waals surface area contributed by atoms with Crippen LogP contribution in [0.3, 0.4) is 0 Å². The smallest absolute Gasteiger partial charge is 0.337 e. The molecule has 41 heavy (non-hydrogen) atoms. The van der Waals surface area contributed by atoms with Gasteiger partial charge in [0.2, 0.25) is 0 Å². The minimum absolute atomic E-state index is 0.163. The summed E-state index contributed by atoms with van der Waals surface area (Å²) in [6.07, 6.45) is 4.03. The Morgan fingerprint density at radius 1 is 1.00 bits per heavy atom. The highest BCUT2D eigenvalue weighted by atomic mass is 16.5. The molecule has 2 aliphatic rings. The minimum atomic E-state index is -0.430. The van der Waals surface area contributed by atoms with Crippen molar-refractivity contribution in [3.63, 3.8) is 0 Å². The topological polar surface area (TPSA) is 91.4 Å². The number of hydrogen-bond acceptors (Lipinski definition) is 6. The van der Waals surface area contributed by atoms with E-state index in [4.69, 9.17) is 9.47 Å². The molecule has 2 aliphatic heterocycles. The van der Waals surface area contributed by atoms with Gasteiger partial charge in [-0.2, -0.15) is 0 Å². The maximum absolute atomic E-state index is 12.9. The van der Waals surface area contributed by atoms with Gasteiger partial charge in [0, 0.05) is 50.0 Å². The van der Waals surface area contributed by atoms with E-state index in [0.717, 1.165) is 57.5 Å². The molecule has 3 amide bonds. The number of carbonyl (C=O) groups is 3. The van der Waals surface area contributed by atoms with E-state index in [2.05, 4.69) is 30.1 Å². The van der Waals surface area contributed by atoms with Gasteiger partial charge in [-0.05, 0) is 87.0 Å². The van der Waals surface area contributed by atoms with Gasteiger partial charge in [-0.3, -0.25) is 4.79 Å². The SMILES string of the molecule is CCCN(CC1CCN(C(=O)N2CCOCC2)CC1)C(C)Cc1cccc(NC(=O)c2ccc(C(=O)OC)cc2)c1. The predicted octanol–water partition coefficient (Wildman–Crippen LogP) is 4.53. The third kappa shape index (κ3) is 8.53. The number of piperidine rings is 1. The standard InChI is InChI=1S/C32H44N4O5/c1-4-14-36(23-25-12-15-34(16-13-25)32(39)35-17-19-41-20-18-35)24(2)21-26-6-5-7-29(22-26)33-30(37)27-8-10-28(11-9-27)31(38)40-3/h5-11,22,24-25H,4,12-21,23H2,1-3H3,(H,33,37). The molecule has 1 unspecified atom stereocenters. The Hall–Kier alpha value is -3.43. The zero-order valence-electron chi connectivity index (χ0n) is 24.6. The van der Waals surface area contributed by atoms with Crippen LogP contribution in [0.15, 0.2) is 48.5 Å². The van der Waals surface area contributed by atoms with Crippen molar-refractivity contribution in [2.45, 2.75) is 45.6 Å². The molecular formula is C32H44N4O5. The molecule has 0 saturated carbocycles. The summed E-state index contributed by atoms with van der Waals surface area (Å²) in [5.41, 5.74) is 2.80. The number of amides is 3. The number of hydrogen-bond donors (Lipinski definition) is 1. The molecule has 9 heteroatoms. The molecule has 4 rings (SSSR count). The van der Waals surface area contributed by atoms with Crippen molar-refractivity contribution in [1.29, 1.82) is 0 Å². The molecule has 2 saturated heterocycles. The van der Waals surface area contributed by atoms with Crippen molar-refractivity contribution in [2.75, 3.05) is 64.9 Å². The Labute approximate surface area is 243 Å². The van der Waals surface area contributed by atoms with E-state index in [1.54, 1.807) is 24.3 Å². The summed E-state index contributed by atoms with van der Waals surface area (Å²) in [5, 5.41) is 2.98. The average molecular weight is 565 g/mol.